The number of para-hydroxylation sites is 1. The molecular weight excluding hydrogens is 667 g/mol. The highest BCUT2D eigenvalue weighted by atomic mass is 79.9. The summed E-state index contributed by atoms with van der Waals surface area (Å²) in [5, 5.41) is 10.4. The molecule has 7 nitrogen and oxygen atoms in total. The monoisotopic (exact) mass is 711 g/mol. The number of aliphatic imine (C=N–C) groups is 1. The maximum Gasteiger partial charge on any atom is 0.573 e. The average Bonchev–Trinajstić information content (AvgIpc) is 3.05. The average molecular weight is 713 g/mol. The Morgan fingerprint density at radius 2 is 1.71 bits per heavy atom. The van der Waals surface area contributed by atoms with Crippen molar-refractivity contribution >= 4 is 40.1 Å². The molecular formula is C33H45BrF3N5O2S. The molecule has 0 atom stereocenters. The Balaban J connectivity index is 0.000000393. The summed E-state index contributed by atoms with van der Waals surface area (Å²) in [6, 6.07) is 20.8. The molecule has 4 rings (SSSR count). The molecule has 0 unspecified atom stereocenters. The first-order valence-electron chi connectivity index (χ1n) is 14.9. The number of nitrogens with zero attached hydrogens (tertiary/aromatic N) is 1. The first-order valence-corrected chi connectivity index (χ1v) is 16.1. The molecule has 1 aliphatic rings. The Labute approximate surface area is 279 Å². The zero-order chi connectivity index (χ0) is 33.1. The summed E-state index contributed by atoms with van der Waals surface area (Å²) in [7, 11) is 5.15. The van der Waals surface area contributed by atoms with E-state index in [1.54, 1.807) is 13.2 Å². The standard InChI is InChI=1S/C25H36N4O.C7H4BrF3OS.CH5N/c1-26-24-11-7-6-10-23(24)25(29-19-27-18-21-8-4-3-5-9-21)28-17-16-20-12-14-22(30-2)15-13-20;8-4-1-2-6(13)5(3-4)12-7(9,10)11;1-2/h6-7,10-15,21,26-27H,3-5,8-9,16-19H2,1-2H3,(H,28,29);1-3,13H;2H2,1H3. The van der Waals surface area contributed by atoms with Gasteiger partial charge in [-0.1, -0.05) is 59.5 Å². The van der Waals surface area contributed by atoms with Crippen LogP contribution < -0.4 is 31.2 Å². The van der Waals surface area contributed by atoms with Crippen LogP contribution in [-0.2, 0) is 6.42 Å². The van der Waals surface area contributed by atoms with Crippen molar-refractivity contribution in [3.05, 3.63) is 82.3 Å². The minimum atomic E-state index is -4.68. The van der Waals surface area contributed by atoms with Crippen LogP contribution in [0.1, 0.15) is 43.2 Å². The summed E-state index contributed by atoms with van der Waals surface area (Å²) >= 11 is 6.83. The Kier molecular flexibility index (Phi) is 17.8. The van der Waals surface area contributed by atoms with Crippen molar-refractivity contribution in [2.75, 3.05) is 46.3 Å². The zero-order valence-electron chi connectivity index (χ0n) is 26.1. The summed E-state index contributed by atoms with van der Waals surface area (Å²) in [5.74, 6) is 2.32. The van der Waals surface area contributed by atoms with Crippen LogP contribution in [0.15, 0.2) is 81.1 Å². The maximum absolute atomic E-state index is 11.8. The van der Waals surface area contributed by atoms with Crippen molar-refractivity contribution in [1.29, 1.82) is 0 Å². The van der Waals surface area contributed by atoms with E-state index in [4.69, 9.17) is 9.73 Å². The molecule has 0 radical (unpaired) electrons. The Hall–Kier alpha value is -2.93. The fourth-order valence-corrected chi connectivity index (χ4v) is 5.28. The van der Waals surface area contributed by atoms with E-state index in [-0.39, 0.29) is 10.6 Å². The van der Waals surface area contributed by atoms with Crippen molar-refractivity contribution in [1.82, 2.24) is 10.6 Å². The molecule has 0 aliphatic heterocycles. The topological polar surface area (TPSA) is 92.9 Å². The summed E-state index contributed by atoms with van der Waals surface area (Å²) in [4.78, 5) is 5.02. The fraction of sp³-hybridized carbons (Fsp3) is 0.424. The third-order valence-corrected chi connectivity index (χ3v) is 7.83. The second kappa shape index (κ2) is 21.0. The molecule has 12 heteroatoms. The number of benzene rings is 3. The molecule has 1 fully saturated rings. The Morgan fingerprint density at radius 3 is 2.36 bits per heavy atom. The highest BCUT2D eigenvalue weighted by molar-refractivity contribution is 9.10. The number of nitrogens with two attached hydrogens (primary N) is 1. The van der Waals surface area contributed by atoms with Gasteiger partial charge in [0.2, 0.25) is 0 Å². The summed E-state index contributed by atoms with van der Waals surface area (Å²) in [6.07, 6.45) is 3.11. The lowest BCUT2D eigenvalue weighted by molar-refractivity contribution is -0.275. The predicted molar refractivity (Wildman–Crippen MR) is 185 cm³/mol. The third-order valence-electron chi connectivity index (χ3n) is 6.97. The van der Waals surface area contributed by atoms with Gasteiger partial charge < -0.3 is 25.8 Å². The fourth-order valence-electron chi connectivity index (χ4n) is 4.75. The van der Waals surface area contributed by atoms with Crippen LogP contribution in [0.25, 0.3) is 0 Å². The van der Waals surface area contributed by atoms with Gasteiger partial charge >= 0.3 is 6.36 Å². The minimum Gasteiger partial charge on any atom is -0.497 e. The second-order valence-corrected chi connectivity index (χ2v) is 11.5. The molecule has 45 heavy (non-hydrogen) atoms. The summed E-state index contributed by atoms with van der Waals surface area (Å²) < 4.78 is 44.8. The van der Waals surface area contributed by atoms with Crippen molar-refractivity contribution < 1.29 is 22.6 Å². The largest absolute Gasteiger partial charge is 0.573 e. The van der Waals surface area contributed by atoms with Gasteiger partial charge in [0.15, 0.2) is 0 Å². The molecule has 1 saturated carbocycles. The van der Waals surface area contributed by atoms with Crippen molar-refractivity contribution in [2.45, 2.75) is 49.8 Å². The van der Waals surface area contributed by atoms with Crippen LogP contribution in [-0.4, -0.2) is 53.2 Å². The van der Waals surface area contributed by atoms with Gasteiger partial charge in [-0.15, -0.1) is 25.8 Å². The van der Waals surface area contributed by atoms with Gasteiger partial charge in [0, 0.05) is 34.2 Å². The van der Waals surface area contributed by atoms with Gasteiger partial charge in [0.25, 0.3) is 0 Å². The van der Waals surface area contributed by atoms with E-state index >= 15 is 0 Å². The quantitative estimate of drug-likeness (QED) is 0.0608. The first-order chi connectivity index (χ1) is 21.7. The molecule has 0 amide bonds. The number of amidine groups is 1. The number of hydrogen-bond acceptors (Lipinski definition) is 7. The molecule has 0 bridgehead atoms. The van der Waals surface area contributed by atoms with Gasteiger partial charge in [-0.2, -0.15) is 0 Å². The SMILES string of the molecule is CN.CNc1ccccc1/C(=N\CNCC1CCCCC1)NCCc1ccc(OC)cc1.FC(F)(F)Oc1cc(Br)ccc1S. The molecule has 0 aromatic heterocycles. The van der Waals surface area contributed by atoms with Gasteiger partial charge in [-0.25, -0.2) is 0 Å². The van der Waals surface area contributed by atoms with Crippen LogP contribution in [0.3, 0.4) is 0 Å². The lowest BCUT2D eigenvalue weighted by atomic mass is 9.89. The van der Waals surface area contributed by atoms with Crippen LogP contribution in [0.2, 0.25) is 0 Å². The van der Waals surface area contributed by atoms with E-state index in [2.05, 4.69) is 85.3 Å². The molecule has 5 N–H and O–H groups in total. The van der Waals surface area contributed by atoms with E-state index in [1.165, 1.54) is 56.8 Å². The van der Waals surface area contributed by atoms with E-state index in [0.717, 1.165) is 48.3 Å². The van der Waals surface area contributed by atoms with Crippen LogP contribution >= 0.6 is 28.6 Å². The zero-order valence-corrected chi connectivity index (χ0v) is 28.6. The number of hydrogen-bond donors (Lipinski definition) is 5. The third kappa shape index (κ3) is 14.8. The van der Waals surface area contributed by atoms with Gasteiger partial charge in [-0.3, -0.25) is 10.3 Å². The highest BCUT2D eigenvalue weighted by Gasteiger charge is 2.31. The molecule has 248 valence electrons. The molecule has 1 aliphatic carbocycles. The molecule has 0 saturated heterocycles. The number of nitrogens with one attached hydrogen (secondary N) is 3. The lowest BCUT2D eigenvalue weighted by Gasteiger charge is -2.21. The van der Waals surface area contributed by atoms with Gasteiger partial charge in [0.05, 0.1) is 13.8 Å². The van der Waals surface area contributed by atoms with E-state index in [0.29, 0.717) is 11.1 Å². The van der Waals surface area contributed by atoms with Crippen LogP contribution in [0.5, 0.6) is 11.5 Å². The number of thiol groups is 1. The Bertz CT molecular complexity index is 1290. The normalized spacial score (nSPS) is 13.5. The minimum absolute atomic E-state index is 0.139. The first kappa shape index (κ1) is 38.3. The predicted octanol–water partition coefficient (Wildman–Crippen LogP) is 7.65. The van der Waals surface area contributed by atoms with Gasteiger partial charge in [0.1, 0.15) is 17.3 Å². The second-order valence-electron chi connectivity index (χ2n) is 10.1. The number of ether oxygens (including phenoxy) is 2. The maximum atomic E-state index is 11.8. The number of rotatable bonds is 11. The van der Waals surface area contributed by atoms with Crippen LogP contribution in [0, 0.1) is 5.92 Å². The van der Waals surface area contributed by atoms with Gasteiger partial charge in [-0.05, 0) is 86.8 Å². The van der Waals surface area contributed by atoms with E-state index in [9.17, 15) is 13.2 Å². The highest BCUT2D eigenvalue weighted by Crippen LogP contribution is 2.31. The molecule has 0 heterocycles. The summed E-state index contributed by atoms with van der Waals surface area (Å²) in [5.41, 5.74) is 7.97. The number of alkyl halides is 3. The number of methoxy groups -OCH3 is 1. The molecule has 3 aromatic rings. The van der Waals surface area contributed by atoms with Crippen molar-refractivity contribution in [2.24, 2.45) is 16.6 Å². The molecule has 3 aromatic carbocycles. The molecule has 0 spiro atoms. The smallest absolute Gasteiger partial charge is 0.497 e. The lowest BCUT2D eigenvalue weighted by Crippen LogP contribution is -2.30. The number of anilines is 1. The van der Waals surface area contributed by atoms with Crippen molar-refractivity contribution in [3.8, 4) is 11.5 Å². The van der Waals surface area contributed by atoms with Crippen molar-refractivity contribution in [3.63, 3.8) is 0 Å². The Morgan fingerprint density at radius 1 is 1.02 bits per heavy atom. The van der Waals surface area contributed by atoms with Crippen LogP contribution in [0.4, 0.5) is 18.9 Å². The van der Waals surface area contributed by atoms with E-state index < -0.39 is 6.36 Å². The summed E-state index contributed by atoms with van der Waals surface area (Å²) in [6.45, 7) is 2.53. The number of halogens is 4. The van der Waals surface area contributed by atoms with E-state index in [1.807, 2.05) is 25.2 Å².